The molecule has 1 amide bonds. The minimum atomic E-state index is -1.09. The molecule has 0 aliphatic carbocycles. The number of carbonyl (C=O) groups excluding carboxylic acids is 1. The average molecular weight is 330 g/mol. The molecule has 0 saturated carbocycles. The number of nitrogens with zero attached hydrogens (tertiary/aromatic N) is 2. The van der Waals surface area contributed by atoms with Gasteiger partial charge >= 0.3 is 5.97 Å². The Kier molecular flexibility index (Phi) is 3.59. The molecule has 24 heavy (non-hydrogen) atoms. The summed E-state index contributed by atoms with van der Waals surface area (Å²) in [4.78, 5) is 25.6. The molecule has 0 unspecified atom stereocenters. The van der Waals surface area contributed by atoms with Crippen LogP contribution in [0.4, 0.5) is 5.69 Å². The molecule has 3 rings (SSSR count). The summed E-state index contributed by atoms with van der Waals surface area (Å²) in [6.07, 6.45) is 0. The molecule has 1 aliphatic heterocycles. The van der Waals surface area contributed by atoms with Gasteiger partial charge in [0.15, 0.2) is 5.60 Å². The molecule has 1 aliphatic rings. The Morgan fingerprint density at radius 1 is 1.33 bits per heavy atom. The lowest BCUT2D eigenvalue weighted by Gasteiger charge is -2.38. The molecule has 1 aromatic carbocycles. The highest BCUT2D eigenvalue weighted by Crippen LogP contribution is 2.39. The van der Waals surface area contributed by atoms with E-state index in [-0.39, 0.29) is 18.0 Å². The number of aryl methyl sites for hydroxylation is 2. The van der Waals surface area contributed by atoms with Crippen molar-refractivity contribution in [2.45, 2.75) is 39.8 Å². The van der Waals surface area contributed by atoms with E-state index in [2.05, 4.69) is 5.16 Å². The number of aromatic nitrogens is 1. The fourth-order valence-electron chi connectivity index (χ4n) is 2.75. The zero-order chi connectivity index (χ0) is 17.6. The fourth-order valence-corrected chi connectivity index (χ4v) is 2.75. The first-order valence-corrected chi connectivity index (χ1v) is 7.51. The standard InChI is InChI=1S/C17H18N2O5/c1-9-12(10(2)24-18-9)8-19-13-6-5-11(15(20)21)7-14(13)23-17(3,4)16(19)22/h5-7H,8H2,1-4H3,(H,20,21). The van der Waals surface area contributed by atoms with Crippen molar-refractivity contribution in [3.63, 3.8) is 0 Å². The van der Waals surface area contributed by atoms with E-state index in [1.54, 1.807) is 31.7 Å². The molecular weight excluding hydrogens is 312 g/mol. The number of amides is 1. The Labute approximate surface area is 138 Å². The molecule has 0 saturated heterocycles. The van der Waals surface area contributed by atoms with Gasteiger partial charge in [-0.1, -0.05) is 5.16 Å². The van der Waals surface area contributed by atoms with Crippen LogP contribution in [0.2, 0.25) is 0 Å². The van der Waals surface area contributed by atoms with Gasteiger partial charge in [-0.25, -0.2) is 4.79 Å². The smallest absolute Gasteiger partial charge is 0.335 e. The van der Waals surface area contributed by atoms with Crippen molar-refractivity contribution in [2.75, 3.05) is 4.90 Å². The molecule has 0 bridgehead atoms. The predicted molar refractivity (Wildman–Crippen MR) is 85.3 cm³/mol. The van der Waals surface area contributed by atoms with Gasteiger partial charge in [0.2, 0.25) is 0 Å². The average Bonchev–Trinajstić information content (AvgIpc) is 2.82. The van der Waals surface area contributed by atoms with Crippen molar-refractivity contribution < 1.29 is 24.0 Å². The number of hydrogen-bond donors (Lipinski definition) is 1. The van der Waals surface area contributed by atoms with Crippen LogP contribution >= 0.6 is 0 Å². The van der Waals surface area contributed by atoms with Gasteiger partial charge < -0.3 is 19.3 Å². The van der Waals surface area contributed by atoms with Crippen molar-refractivity contribution >= 4 is 17.6 Å². The number of ether oxygens (including phenoxy) is 1. The van der Waals surface area contributed by atoms with E-state index in [1.165, 1.54) is 12.1 Å². The zero-order valence-corrected chi connectivity index (χ0v) is 13.9. The van der Waals surface area contributed by atoms with Gasteiger partial charge in [-0.15, -0.1) is 0 Å². The molecule has 126 valence electrons. The summed E-state index contributed by atoms with van der Waals surface area (Å²) in [5.41, 5.74) is 1.09. The highest BCUT2D eigenvalue weighted by Gasteiger charge is 2.41. The van der Waals surface area contributed by atoms with Crippen LogP contribution in [0.1, 0.15) is 41.2 Å². The van der Waals surface area contributed by atoms with Crippen molar-refractivity contribution in [3.8, 4) is 5.75 Å². The fraction of sp³-hybridized carbons (Fsp3) is 0.353. The summed E-state index contributed by atoms with van der Waals surface area (Å²) in [5.74, 6) is -0.244. The Balaban J connectivity index is 2.08. The second-order valence-corrected chi connectivity index (χ2v) is 6.29. The summed E-state index contributed by atoms with van der Waals surface area (Å²) in [6.45, 7) is 7.21. The Morgan fingerprint density at radius 3 is 2.62 bits per heavy atom. The Morgan fingerprint density at radius 2 is 2.04 bits per heavy atom. The Hall–Kier alpha value is -2.83. The maximum Gasteiger partial charge on any atom is 0.335 e. The molecule has 1 aromatic heterocycles. The van der Waals surface area contributed by atoms with Crippen molar-refractivity contribution in [1.29, 1.82) is 0 Å². The van der Waals surface area contributed by atoms with Crippen LogP contribution in [-0.4, -0.2) is 27.7 Å². The van der Waals surface area contributed by atoms with Crippen LogP contribution in [0, 0.1) is 13.8 Å². The summed E-state index contributed by atoms with van der Waals surface area (Å²) < 4.78 is 10.9. The molecule has 2 heterocycles. The van der Waals surface area contributed by atoms with E-state index in [0.717, 1.165) is 5.56 Å². The van der Waals surface area contributed by atoms with E-state index in [4.69, 9.17) is 14.4 Å². The largest absolute Gasteiger partial charge is 0.478 e. The number of carboxylic acid groups (broad SMARTS) is 1. The summed E-state index contributed by atoms with van der Waals surface area (Å²) in [5, 5.41) is 13.1. The molecule has 0 fully saturated rings. The van der Waals surface area contributed by atoms with Crippen molar-refractivity contribution in [2.24, 2.45) is 0 Å². The van der Waals surface area contributed by atoms with Gasteiger partial charge in [0.1, 0.15) is 11.5 Å². The van der Waals surface area contributed by atoms with E-state index in [0.29, 0.717) is 22.9 Å². The number of carbonyl (C=O) groups is 2. The van der Waals surface area contributed by atoms with Crippen LogP contribution < -0.4 is 9.64 Å². The second-order valence-electron chi connectivity index (χ2n) is 6.29. The first-order chi connectivity index (χ1) is 11.2. The molecule has 7 heteroatoms. The number of aromatic carboxylic acids is 1. The number of carboxylic acids is 1. The van der Waals surface area contributed by atoms with Crippen LogP contribution in [-0.2, 0) is 11.3 Å². The molecule has 0 atom stereocenters. The quantitative estimate of drug-likeness (QED) is 0.930. The summed E-state index contributed by atoms with van der Waals surface area (Å²) >= 11 is 0. The number of fused-ring (bicyclic) bond motifs is 1. The number of benzene rings is 1. The minimum Gasteiger partial charge on any atom is -0.478 e. The normalized spacial score (nSPS) is 15.8. The Bertz CT molecular complexity index is 818. The van der Waals surface area contributed by atoms with E-state index in [1.807, 2.05) is 6.92 Å². The highest BCUT2D eigenvalue weighted by molar-refractivity contribution is 6.03. The third-order valence-corrected chi connectivity index (χ3v) is 4.12. The van der Waals surface area contributed by atoms with Crippen LogP contribution in [0.3, 0.4) is 0 Å². The lowest BCUT2D eigenvalue weighted by molar-refractivity contribution is -0.132. The van der Waals surface area contributed by atoms with Crippen LogP contribution in [0.25, 0.3) is 0 Å². The first kappa shape index (κ1) is 16.0. The SMILES string of the molecule is Cc1noc(C)c1CN1C(=O)C(C)(C)Oc2cc(C(=O)O)ccc21. The zero-order valence-electron chi connectivity index (χ0n) is 13.9. The summed E-state index contributed by atoms with van der Waals surface area (Å²) in [6, 6.07) is 4.48. The minimum absolute atomic E-state index is 0.108. The number of anilines is 1. The lowest BCUT2D eigenvalue weighted by atomic mass is 10.0. The molecule has 2 aromatic rings. The van der Waals surface area contributed by atoms with Gasteiger partial charge in [-0.2, -0.15) is 0 Å². The maximum atomic E-state index is 12.8. The second kappa shape index (κ2) is 5.36. The van der Waals surface area contributed by atoms with Crippen LogP contribution in [0.5, 0.6) is 5.75 Å². The van der Waals surface area contributed by atoms with Crippen molar-refractivity contribution in [1.82, 2.24) is 5.16 Å². The maximum absolute atomic E-state index is 12.8. The predicted octanol–water partition coefficient (Wildman–Crippen LogP) is 2.69. The monoisotopic (exact) mass is 330 g/mol. The number of hydrogen-bond acceptors (Lipinski definition) is 5. The molecular formula is C17H18N2O5. The summed E-state index contributed by atoms with van der Waals surface area (Å²) in [7, 11) is 0. The first-order valence-electron chi connectivity index (χ1n) is 7.51. The van der Waals surface area contributed by atoms with E-state index < -0.39 is 11.6 Å². The highest BCUT2D eigenvalue weighted by atomic mass is 16.5. The van der Waals surface area contributed by atoms with Gasteiger partial charge in [0.25, 0.3) is 5.91 Å². The lowest BCUT2D eigenvalue weighted by Crippen LogP contribution is -2.52. The van der Waals surface area contributed by atoms with Gasteiger partial charge in [0, 0.05) is 5.56 Å². The molecule has 7 nitrogen and oxygen atoms in total. The molecule has 1 N–H and O–H groups in total. The van der Waals surface area contributed by atoms with Gasteiger partial charge in [0.05, 0.1) is 23.5 Å². The van der Waals surface area contributed by atoms with Crippen molar-refractivity contribution in [3.05, 3.63) is 40.8 Å². The van der Waals surface area contributed by atoms with E-state index >= 15 is 0 Å². The third kappa shape index (κ3) is 2.51. The number of rotatable bonds is 3. The topological polar surface area (TPSA) is 92.9 Å². The van der Waals surface area contributed by atoms with Gasteiger partial charge in [-0.05, 0) is 45.9 Å². The molecule has 0 spiro atoms. The van der Waals surface area contributed by atoms with E-state index in [9.17, 15) is 9.59 Å². The van der Waals surface area contributed by atoms with Crippen LogP contribution in [0.15, 0.2) is 22.7 Å². The molecule has 0 radical (unpaired) electrons. The van der Waals surface area contributed by atoms with Gasteiger partial charge in [-0.3, -0.25) is 4.79 Å². The third-order valence-electron chi connectivity index (χ3n) is 4.12.